The number of nitrogens with zero attached hydrogens (tertiary/aromatic N) is 2. The van der Waals surface area contributed by atoms with Gasteiger partial charge in [-0.05, 0) is 29.7 Å². The molecule has 2 heterocycles. The third-order valence-corrected chi connectivity index (χ3v) is 6.79. The molecule has 1 fully saturated rings. The van der Waals surface area contributed by atoms with Crippen molar-refractivity contribution in [3.63, 3.8) is 0 Å². The minimum atomic E-state index is -4.71. The number of fused-ring (bicyclic) bond motifs is 1. The average Bonchev–Trinajstić information content (AvgIpc) is 3.29. The maximum absolute atomic E-state index is 13.9. The number of carbonyl (C=O) groups excluding carboxylic acids is 2. The number of halogens is 3. The molecule has 2 aliphatic rings. The fourth-order valence-electron chi connectivity index (χ4n) is 4.86. The summed E-state index contributed by atoms with van der Waals surface area (Å²) in [5.74, 6) is -1.87. The van der Waals surface area contributed by atoms with E-state index in [1.165, 1.54) is 23.4 Å². The molecule has 176 valence electrons. The molecule has 1 aromatic heterocycles. The molecule has 1 saturated heterocycles. The first-order valence-corrected chi connectivity index (χ1v) is 10.9. The number of aromatic nitrogens is 1. The Labute approximate surface area is 190 Å². The van der Waals surface area contributed by atoms with Crippen LogP contribution < -0.4 is 10.6 Å². The van der Waals surface area contributed by atoms with Gasteiger partial charge in [-0.3, -0.25) is 14.6 Å². The normalized spacial score (nSPS) is 22.4. The number of hydrogen-bond donors (Lipinski definition) is 2. The summed E-state index contributed by atoms with van der Waals surface area (Å²) < 4.78 is 41.8. The Morgan fingerprint density at radius 2 is 1.94 bits per heavy atom. The lowest BCUT2D eigenvalue weighted by Crippen LogP contribution is -2.43. The van der Waals surface area contributed by atoms with E-state index in [0.717, 1.165) is 13.5 Å². The summed E-state index contributed by atoms with van der Waals surface area (Å²) in [6.45, 7) is 4.32. The highest BCUT2D eigenvalue weighted by Gasteiger charge is 2.48. The third kappa shape index (κ3) is 4.41. The van der Waals surface area contributed by atoms with Crippen LogP contribution in [0.3, 0.4) is 0 Å². The third-order valence-electron chi connectivity index (χ3n) is 6.79. The van der Waals surface area contributed by atoms with Gasteiger partial charge in [0, 0.05) is 31.5 Å². The monoisotopic (exact) mass is 460 g/mol. The molecule has 0 bridgehead atoms. The molecule has 2 aromatic rings. The lowest BCUT2D eigenvalue weighted by Gasteiger charge is -2.32. The van der Waals surface area contributed by atoms with E-state index in [-0.39, 0.29) is 36.0 Å². The van der Waals surface area contributed by atoms with Gasteiger partial charge >= 0.3 is 6.18 Å². The van der Waals surface area contributed by atoms with Gasteiger partial charge in [0.1, 0.15) is 0 Å². The quantitative estimate of drug-likeness (QED) is 0.715. The highest BCUT2D eigenvalue weighted by Crippen LogP contribution is 2.41. The van der Waals surface area contributed by atoms with E-state index in [4.69, 9.17) is 0 Å². The number of carbonyl (C=O) groups is 2. The smallest absolute Gasteiger partial charge is 0.380 e. The van der Waals surface area contributed by atoms with Crippen molar-refractivity contribution in [2.24, 2.45) is 5.92 Å². The average molecular weight is 461 g/mol. The van der Waals surface area contributed by atoms with Crippen LogP contribution >= 0.6 is 0 Å². The largest absolute Gasteiger partial charge is 0.414 e. The van der Waals surface area contributed by atoms with Crippen LogP contribution in [0, 0.1) is 5.92 Å². The molecule has 1 aliphatic carbocycles. The summed E-state index contributed by atoms with van der Waals surface area (Å²) >= 11 is 0. The second-order valence-corrected chi connectivity index (χ2v) is 9.35. The van der Waals surface area contributed by atoms with Crippen molar-refractivity contribution in [2.45, 2.75) is 50.4 Å². The van der Waals surface area contributed by atoms with E-state index in [1.807, 2.05) is 12.1 Å². The maximum atomic E-state index is 13.9. The molecule has 1 aromatic carbocycles. The fourth-order valence-corrected chi connectivity index (χ4v) is 4.86. The molecule has 9 heteroatoms. The number of rotatable bonds is 5. The number of pyridine rings is 1. The Bertz CT molecular complexity index is 1050. The Kier molecular flexibility index (Phi) is 5.84. The first-order chi connectivity index (χ1) is 15.5. The summed E-state index contributed by atoms with van der Waals surface area (Å²) in [6.07, 6.45) is -2.63. The molecule has 0 spiro atoms. The predicted octanol–water partition coefficient (Wildman–Crippen LogP) is 3.59. The number of benzene rings is 1. The van der Waals surface area contributed by atoms with Gasteiger partial charge in [0.25, 0.3) is 0 Å². The van der Waals surface area contributed by atoms with Crippen molar-refractivity contribution >= 4 is 17.5 Å². The van der Waals surface area contributed by atoms with Crippen LogP contribution in [-0.2, 0) is 21.4 Å². The van der Waals surface area contributed by atoms with Gasteiger partial charge in [-0.15, -0.1) is 0 Å². The molecule has 2 N–H and O–H groups in total. The van der Waals surface area contributed by atoms with Gasteiger partial charge in [-0.2, -0.15) is 13.2 Å². The van der Waals surface area contributed by atoms with Gasteiger partial charge in [0.15, 0.2) is 6.04 Å². The van der Waals surface area contributed by atoms with Crippen LogP contribution in [0.4, 0.5) is 18.9 Å². The van der Waals surface area contributed by atoms with Crippen LogP contribution in [0.15, 0.2) is 42.6 Å². The highest BCUT2D eigenvalue weighted by atomic mass is 19.4. The Balaban J connectivity index is 1.52. The second-order valence-electron chi connectivity index (χ2n) is 9.35. The Hall–Kier alpha value is -3.10. The molecule has 6 nitrogen and oxygen atoms in total. The van der Waals surface area contributed by atoms with Gasteiger partial charge in [-0.25, -0.2) is 0 Å². The number of hydrogen-bond acceptors (Lipinski definition) is 4. The van der Waals surface area contributed by atoms with E-state index in [9.17, 15) is 22.8 Å². The summed E-state index contributed by atoms with van der Waals surface area (Å²) in [5.41, 5.74) is 2.70. The zero-order valence-corrected chi connectivity index (χ0v) is 18.7. The summed E-state index contributed by atoms with van der Waals surface area (Å²) in [6, 6.07) is 8.95. The zero-order valence-electron chi connectivity index (χ0n) is 18.7. The number of anilines is 1. The molecule has 2 amide bonds. The van der Waals surface area contributed by atoms with Crippen LogP contribution in [-0.4, -0.2) is 47.5 Å². The lowest BCUT2D eigenvalue weighted by atomic mass is 9.83. The van der Waals surface area contributed by atoms with Crippen LogP contribution in [0.5, 0.6) is 0 Å². The zero-order chi connectivity index (χ0) is 24.0. The standard InChI is InChI=1S/C24H27F3N4O2/c1-23(2)17-7-5-4-6-14(17)10-19(23)30-16-8-9-18(28-13-16)21(24(25,26)27)31(3)22(33)15-11-20(32)29-12-15/h4-9,13,15,19,21,30H,10-12H2,1-3H3,(H,29,32)/t15-,19+,21?/m1/s1. The van der Waals surface area contributed by atoms with Crippen LogP contribution in [0.2, 0.25) is 0 Å². The van der Waals surface area contributed by atoms with Crippen molar-refractivity contribution < 1.29 is 22.8 Å². The van der Waals surface area contributed by atoms with Crippen LogP contribution in [0.1, 0.15) is 43.1 Å². The molecular formula is C24H27F3N4O2. The van der Waals surface area contributed by atoms with Gasteiger partial charge in [0.2, 0.25) is 11.8 Å². The summed E-state index contributed by atoms with van der Waals surface area (Å²) in [5, 5.41) is 5.90. The SMILES string of the molecule is CN(C(=O)[C@H]1CNC(=O)C1)C(c1ccc(N[C@H]2Cc3ccccc3C2(C)C)cn1)C(F)(F)F. The van der Waals surface area contributed by atoms with E-state index in [2.05, 4.69) is 41.6 Å². The number of nitrogens with one attached hydrogen (secondary N) is 2. The number of amides is 2. The van der Waals surface area contributed by atoms with Gasteiger partial charge in [-0.1, -0.05) is 38.1 Å². The van der Waals surface area contributed by atoms with E-state index >= 15 is 0 Å². The van der Waals surface area contributed by atoms with E-state index in [1.54, 1.807) is 6.07 Å². The molecule has 33 heavy (non-hydrogen) atoms. The maximum Gasteiger partial charge on any atom is 0.414 e. The summed E-state index contributed by atoms with van der Waals surface area (Å²) in [4.78, 5) is 28.7. The summed E-state index contributed by atoms with van der Waals surface area (Å²) in [7, 11) is 1.11. The molecule has 1 aliphatic heterocycles. The predicted molar refractivity (Wildman–Crippen MR) is 118 cm³/mol. The van der Waals surface area contributed by atoms with Crippen molar-refractivity contribution in [1.82, 2.24) is 15.2 Å². The molecule has 1 unspecified atom stereocenters. The topological polar surface area (TPSA) is 74.3 Å². The minimum Gasteiger partial charge on any atom is -0.380 e. The second kappa shape index (κ2) is 8.35. The highest BCUT2D eigenvalue weighted by molar-refractivity contribution is 5.89. The van der Waals surface area contributed by atoms with Crippen molar-refractivity contribution in [3.05, 3.63) is 59.4 Å². The lowest BCUT2D eigenvalue weighted by molar-refractivity contribution is -0.191. The first-order valence-electron chi connectivity index (χ1n) is 10.9. The first kappa shape index (κ1) is 23.1. The van der Waals surface area contributed by atoms with Gasteiger partial charge in [0.05, 0.1) is 23.5 Å². The minimum absolute atomic E-state index is 0.0441. The Morgan fingerprint density at radius 3 is 2.52 bits per heavy atom. The molecule has 0 saturated carbocycles. The van der Waals surface area contributed by atoms with E-state index in [0.29, 0.717) is 10.6 Å². The van der Waals surface area contributed by atoms with Crippen molar-refractivity contribution in [1.29, 1.82) is 0 Å². The van der Waals surface area contributed by atoms with Crippen LogP contribution in [0.25, 0.3) is 0 Å². The fraction of sp³-hybridized carbons (Fsp3) is 0.458. The molecule has 0 radical (unpaired) electrons. The van der Waals surface area contributed by atoms with E-state index < -0.39 is 24.0 Å². The number of alkyl halides is 3. The molecule has 3 atom stereocenters. The Morgan fingerprint density at radius 1 is 1.21 bits per heavy atom. The molecular weight excluding hydrogens is 433 g/mol. The van der Waals surface area contributed by atoms with Gasteiger partial charge < -0.3 is 15.5 Å². The van der Waals surface area contributed by atoms with Crippen molar-refractivity contribution in [2.75, 3.05) is 18.9 Å². The van der Waals surface area contributed by atoms with Crippen molar-refractivity contribution in [3.8, 4) is 0 Å². The molecule has 4 rings (SSSR count).